The highest BCUT2D eigenvalue weighted by Gasteiger charge is 2.53. The number of esters is 4. The van der Waals surface area contributed by atoms with E-state index < -0.39 is 83.9 Å². The van der Waals surface area contributed by atoms with Gasteiger partial charge in [0, 0.05) is 51.4 Å². The molecule has 0 radical (unpaired) electrons. The molecule has 1 unspecified atom stereocenters. The van der Waals surface area contributed by atoms with Crippen molar-refractivity contribution in [1.29, 1.82) is 0 Å². The SMILES string of the molecule is CC(=O)OC[C@H]1O[C@@H](Oc2ccc(CS(=O)[O-])cc2C(=O)NCCOCCN=[N+]=[N-])[C@H](OC(C)=O)[C@@H](OC(C)=O)[C@H]1OC(C)=O. The summed E-state index contributed by atoms with van der Waals surface area (Å²) in [5, 5.41) is 5.91. The van der Waals surface area contributed by atoms with Crippen LogP contribution in [0.25, 0.3) is 10.4 Å². The number of hydrogen-bond acceptors (Lipinski definition) is 15. The van der Waals surface area contributed by atoms with Crippen LogP contribution in [0.15, 0.2) is 23.3 Å². The van der Waals surface area contributed by atoms with E-state index in [0.717, 1.165) is 27.7 Å². The molecule has 45 heavy (non-hydrogen) atoms. The summed E-state index contributed by atoms with van der Waals surface area (Å²) in [5.41, 5.74) is 8.39. The van der Waals surface area contributed by atoms with Crippen LogP contribution in [0.1, 0.15) is 43.6 Å². The van der Waals surface area contributed by atoms with Crippen LogP contribution in [-0.2, 0) is 64.4 Å². The Bertz CT molecular complexity index is 1300. The van der Waals surface area contributed by atoms with Crippen molar-refractivity contribution >= 4 is 40.9 Å². The number of amides is 1. The van der Waals surface area contributed by atoms with Crippen LogP contribution in [-0.4, -0.2) is 102 Å². The molecule has 1 aliphatic rings. The van der Waals surface area contributed by atoms with Crippen molar-refractivity contribution in [3.63, 3.8) is 0 Å². The second kappa shape index (κ2) is 18.5. The van der Waals surface area contributed by atoms with Gasteiger partial charge < -0.3 is 43.0 Å². The number of rotatable bonds is 16. The van der Waals surface area contributed by atoms with Crippen LogP contribution in [0.4, 0.5) is 0 Å². The highest BCUT2D eigenvalue weighted by atomic mass is 32.2. The molecule has 6 atom stereocenters. The Morgan fingerprint density at radius 1 is 0.978 bits per heavy atom. The third-order valence-corrected chi connectivity index (χ3v) is 6.26. The summed E-state index contributed by atoms with van der Waals surface area (Å²) < 4.78 is 61.0. The first-order chi connectivity index (χ1) is 21.3. The molecule has 1 N–H and O–H groups in total. The van der Waals surface area contributed by atoms with E-state index >= 15 is 0 Å². The third-order valence-electron chi connectivity index (χ3n) is 5.70. The van der Waals surface area contributed by atoms with Gasteiger partial charge in [0.15, 0.2) is 12.2 Å². The summed E-state index contributed by atoms with van der Waals surface area (Å²) in [6, 6.07) is 3.90. The van der Waals surface area contributed by atoms with E-state index in [4.69, 9.17) is 38.7 Å². The van der Waals surface area contributed by atoms with Gasteiger partial charge in [-0.2, -0.15) is 0 Å². The monoisotopic (exact) mass is 657 g/mol. The second-order valence-corrected chi connectivity index (χ2v) is 10.2. The van der Waals surface area contributed by atoms with Gasteiger partial charge in [0.05, 0.1) is 18.8 Å². The fraction of sp³-hybridized carbons (Fsp3) is 0.577. The Kier molecular flexibility index (Phi) is 15.2. The Morgan fingerprint density at radius 2 is 1.62 bits per heavy atom. The summed E-state index contributed by atoms with van der Waals surface area (Å²) >= 11 is -2.50. The maximum atomic E-state index is 13.2. The van der Waals surface area contributed by atoms with Gasteiger partial charge in [-0.05, 0) is 23.2 Å². The van der Waals surface area contributed by atoms with Crippen LogP contribution >= 0.6 is 0 Å². The number of carbonyl (C=O) groups is 5. The predicted octanol–water partition coefficient (Wildman–Crippen LogP) is 0.584. The van der Waals surface area contributed by atoms with Gasteiger partial charge in [0.1, 0.15) is 18.5 Å². The average molecular weight is 658 g/mol. The average Bonchev–Trinajstić information content (AvgIpc) is 2.94. The van der Waals surface area contributed by atoms with Gasteiger partial charge >= 0.3 is 23.9 Å². The third kappa shape index (κ3) is 12.7. The zero-order valence-corrected chi connectivity index (χ0v) is 25.6. The van der Waals surface area contributed by atoms with E-state index in [2.05, 4.69) is 15.3 Å². The van der Waals surface area contributed by atoms with Crippen molar-refractivity contribution in [2.24, 2.45) is 5.11 Å². The zero-order valence-electron chi connectivity index (χ0n) is 24.8. The molecule has 0 bridgehead atoms. The molecule has 0 saturated carbocycles. The maximum Gasteiger partial charge on any atom is 0.303 e. The molecular formula is C26H33N4O14S-. The van der Waals surface area contributed by atoms with E-state index in [1.807, 2.05) is 0 Å². The smallest absolute Gasteiger partial charge is 0.303 e. The Balaban J connectivity index is 2.48. The molecule has 2 rings (SSSR count). The molecule has 1 aromatic carbocycles. The number of benzene rings is 1. The van der Waals surface area contributed by atoms with Crippen LogP contribution < -0.4 is 10.1 Å². The fourth-order valence-electron chi connectivity index (χ4n) is 4.08. The van der Waals surface area contributed by atoms with Gasteiger partial charge in [-0.25, -0.2) is 0 Å². The highest BCUT2D eigenvalue weighted by molar-refractivity contribution is 7.78. The summed E-state index contributed by atoms with van der Waals surface area (Å²) in [5.74, 6) is -4.55. The zero-order chi connectivity index (χ0) is 33.5. The standard InChI is InChI=1S/C26H34N4O14S/c1-14(31)39-12-21-22(40-15(2)32)23(41-16(3)33)24(42-17(4)34)26(44-21)43-20-6-5-18(13-45(36)37)11-19(20)25(35)28-7-9-38-10-8-29-30-27/h5-6,11,21-24,26H,7-10,12-13H2,1-4H3,(H,28,35)(H,36,37)/p-1/t21-,22+,23+,24-,26-/m1/s1. The van der Waals surface area contributed by atoms with E-state index in [0.29, 0.717) is 0 Å². The summed E-state index contributed by atoms with van der Waals surface area (Å²) in [7, 11) is 0. The quantitative estimate of drug-likeness (QED) is 0.0486. The topological polar surface area (TPSA) is 251 Å². The lowest BCUT2D eigenvalue weighted by Gasteiger charge is -2.44. The number of nitrogens with one attached hydrogen (secondary N) is 1. The summed E-state index contributed by atoms with van der Waals surface area (Å²) in [6.07, 6.45) is -7.46. The molecular weight excluding hydrogens is 624 g/mol. The molecule has 0 aromatic heterocycles. The Labute approximate surface area is 259 Å². The van der Waals surface area contributed by atoms with Gasteiger partial charge in [0.2, 0.25) is 12.4 Å². The van der Waals surface area contributed by atoms with Gasteiger partial charge in [0.25, 0.3) is 5.91 Å². The molecule has 1 heterocycles. The highest BCUT2D eigenvalue weighted by Crippen LogP contribution is 2.32. The lowest BCUT2D eigenvalue weighted by Crippen LogP contribution is -2.63. The molecule has 1 saturated heterocycles. The molecule has 18 nitrogen and oxygen atoms in total. The Hall–Kier alpha value is -4.29. The molecule has 19 heteroatoms. The van der Waals surface area contributed by atoms with Crippen molar-refractivity contribution in [3.05, 3.63) is 39.8 Å². The van der Waals surface area contributed by atoms with Crippen molar-refractivity contribution < 1.29 is 65.9 Å². The van der Waals surface area contributed by atoms with Crippen LogP contribution in [0.5, 0.6) is 5.75 Å². The van der Waals surface area contributed by atoms with Gasteiger partial charge in [-0.3, -0.25) is 28.2 Å². The summed E-state index contributed by atoms with van der Waals surface area (Å²) in [6.45, 7) is 4.06. The number of nitrogens with zero attached hydrogens (tertiary/aromatic N) is 3. The molecule has 248 valence electrons. The molecule has 1 aliphatic heterocycles. The first kappa shape index (κ1) is 36.9. The van der Waals surface area contributed by atoms with Crippen molar-refractivity contribution in [2.45, 2.75) is 64.2 Å². The van der Waals surface area contributed by atoms with E-state index in [1.165, 1.54) is 18.2 Å². The van der Waals surface area contributed by atoms with Gasteiger partial charge in [-0.15, -0.1) is 0 Å². The minimum Gasteiger partial charge on any atom is -0.772 e. The second-order valence-electron chi connectivity index (χ2n) is 9.29. The van der Waals surface area contributed by atoms with Crippen molar-refractivity contribution in [3.8, 4) is 5.75 Å². The predicted molar refractivity (Wildman–Crippen MR) is 149 cm³/mol. The van der Waals surface area contributed by atoms with Crippen LogP contribution in [0.2, 0.25) is 0 Å². The number of carbonyl (C=O) groups excluding carboxylic acids is 5. The lowest BCUT2D eigenvalue weighted by atomic mass is 9.98. The normalized spacial score (nSPS) is 21.3. The van der Waals surface area contributed by atoms with E-state index in [9.17, 15) is 32.7 Å². The number of azide groups is 1. The summed E-state index contributed by atoms with van der Waals surface area (Å²) in [4.78, 5) is 63.5. The number of hydrogen-bond donors (Lipinski definition) is 1. The van der Waals surface area contributed by atoms with Gasteiger partial charge in [-0.1, -0.05) is 22.3 Å². The molecule has 1 aromatic rings. The maximum absolute atomic E-state index is 13.2. The molecule has 1 amide bonds. The fourth-order valence-corrected chi connectivity index (χ4v) is 4.53. The molecule has 1 fully saturated rings. The lowest BCUT2D eigenvalue weighted by molar-refractivity contribution is -0.288. The minimum absolute atomic E-state index is 0.00526. The number of ether oxygens (including phenoxy) is 7. The first-order valence-corrected chi connectivity index (χ1v) is 14.6. The van der Waals surface area contributed by atoms with Crippen LogP contribution in [0, 0.1) is 0 Å². The Morgan fingerprint density at radius 3 is 2.22 bits per heavy atom. The largest absolute Gasteiger partial charge is 0.772 e. The molecule has 0 spiro atoms. The minimum atomic E-state index is -2.50. The van der Waals surface area contributed by atoms with E-state index in [1.54, 1.807) is 0 Å². The van der Waals surface area contributed by atoms with E-state index in [-0.39, 0.29) is 43.2 Å². The van der Waals surface area contributed by atoms with Crippen LogP contribution in [0.3, 0.4) is 0 Å². The van der Waals surface area contributed by atoms with Crippen molar-refractivity contribution in [1.82, 2.24) is 5.32 Å². The first-order valence-electron chi connectivity index (χ1n) is 13.3. The molecule has 0 aliphatic carbocycles. The van der Waals surface area contributed by atoms with Crippen molar-refractivity contribution in [2.75, 3.05) is 32.9 Å².